The molecule has 0 N–H and O–H groups in total. The predicted molar refractivity (Wildman–Crippen MR) is 244 cm³/mol. The van der Waals surface area contributed by atoms with E-state index in [0.29, 0.717) is 48.6 Å². The maximum atomic E-state index is 15.5. The van der Waals surface area contributed by atoms with E-state index in [4.69, 9.17) is 49.0 Å². The molecule has 2 heterocycles. The third-order valence-electron chi connectivity index (χ3n) is 12.1. The van der Waals surface area contributed by atoms with Gasteiger partial charge in [0.2, 0.25) is 9.61 Å². The molecular weight excluding hydrogens is 940 g/mol. The summed E-state index contributed by atoms with van der Waals surface area (Å²) in [6.45, 7) is 4.56. The van der Waals surface area contributed by atoms with Crippen molar-refractivity contribution in [1.82, 2.24) is 14.7 Å². The molecule has 4 aromatic carbocycles. The molecule has 13 nitrogen and oxygen atoms in total. The Bertz CT molecular complexity index is 2540. The van der Waals surface area contributed by atoms with Crippen molar-refractivity contribution in [2.75, 3.05) is 26.2 Å². The van der Waals surface area contributed by atoms with Gasteiger partial charge in [-0.3, -0.25) is 9.69 Å². The van der Waals surface area contributed by atoms with E-state index in [1.54, 1.807) is 12.1 Å². The molecule has 2 fully saturated rings. The maximum Gasteiger partial charge on any atom is 0.415 e. The summed E-state index contributed by atoms with van der Waals surface area (Å²) in [6.07, 6.45) is 1.33. The van der Waals surface area contributed by atoms with Gasteiger partial charge in [0.05, 0.1) is 18.7 Å². The second-order valence-corrected chi connectivity index (χ2v) is 19.5. The van der Waals surface area contributed by atoms with Crippen LogP contribution in [-0.4, -0.2) is 91.6 Å². The van der Waals surface area contributed by atoms with Crippen LogP contribution in [0, 0.1) is 34.5 Å². The Hall–Kier alpha value is -5.71. The molecule has 4 aromatic rings. The summed E-state index contributed by atoms with van der Waals surface area (Å²) in [7, 11) is 0. The highest BCUT2D eigenvalue weighted by Crippen LogP contribution is 2.44. The van der Waals surface area contributed by atoms with Crippen LogP contribution >= 0.6 is 34.8 Å². The molecule has 3 aliphatic rings. The van der Waals surface area contributed by atoms with Gasteiger partial charge in [-0.1, -0.05) is 95.5 Å². The molecule has 356 valence electrons. The summed E-state index contributed by atoms with van der Waals surface area (Å²) in [5.74, 6) is -4.64. The number of amides is 3. The van der Waals surface area contributed by atoms with Crippen LogP contribution < -0.4 is 9.47 Å². The van der Waals surface area contributed by atoms with Crippen LogP contribution in [0.2, 0.25) is 0 Å². The van der Waals surface area contributed by atoms with E-state index in [-0.39, 0.29) is 56.0 Å². The molecule has 0 aromatic heterocycles. The second kappa shape index (κ2) is 20.7. The fourth-order valence-electron chi connectivity index (χ4n) is 8.28. The smallest absolute Gasteiger partial charge is 0.415 e. The van der Waals surface area contributed by atoms with Crippen molar-refractivity contribution in [2.24, 2.45) is 0 Å². The fourth-order valence-corrected chi connectivity index (χ4v) is 8.40. The summed E-state index contributed by atoms with van der Waals surface area (Å²) in [6, 6.07) is 21.0. The highest BCUT2D eigenvalue weighted by atomic mass is 35.6. The van der Waals surface area contributed by atoms with E-state index in [0.717, 1.165) is 35.6 Å². The number of benzene rings is 4. The lowest BCUT2D eigenvalue weighted by atomic mass is 9.81. The Labute approximate surface area is 400 Å². The van der Waals surface area contributed by atoms with Gasteiger partial charge in [0.25, 0.3) is 11.0 Å². The second-order valence-electron chi connectivity index (χ2n) is 17.2. The van der Waals surface area contributed by atoms with Gasteiger partial charge in [-0.25, -0.2) is 18.4 Å². The van der Waals surface area contributed by atoms with Crippen LogP contribution in [-0.2, 0) is 33.8 Å². The van der Waals surface area contributed by atoms with Crippen molar-refractivity contribution in [3.05, 3.63) is 146 Å². The molecule has 3 amide bonds. The molecule has 1 saturated carbocycles. The first kappa shape index (κ1) is 49.2. The molecule has 67 heavy (non-hydrogen) atoms. The van der Waals surface area contributed by atoms with Gasteiger partial charge < -0.3 is 28.8 Å². The average molecular weight is 988 g/mol. The molecule has 7 rings (SSSR count). The van der Waals surface area contributed by atoms with Crippen LogP contribution in [0.15, 0.2) is 90.5 Å². The minimum Gasteiger partial charge on any atom is -0.488 e. The number of ether oxygens (including phenoxy) is 3. The quantitative estimate of drug-likeness (QED) is 0.0353. The minimum atomic E-state index is -2.04. The molecule has 1 saturated heterocycles. The lowest BCUT2D eigenvalue weighted by Crippen LogP contribution is -2.66. The number of hydrogen-bond acceptors (Lipinski definition) is 9. The Morgan fingerprint density at radius 2 is 1.60 bits per heavy atom. The molecule has 2 aliphatic heterocycles. The van der Waals surface area contributed by atoms with Crippen molar-refractivity contribution in [1.29, 1.82) is 0 Å². The topological polar surface area (TPSA) is 141 Å². The predicted octanol–water partition coefficient (Wildman–Crippen LogP) is 10.4. The zero-order valence-electron chi connectivity index (χ0n) is 36.8. The Morgan fingerprint density at radius 3 is 2.28 bits per heavy atom. The number of carbonyl (C=O) groups is 3. The van der Waals surface area contributed by atoms with E-state index in [1.165, 1.54) is 35.8 Å². The molecule has 2 bridgehead atoms. The monoisotopic (exact) mass is 986 g/mol. The van der Waals surface area contributed by atoms with Gasteiger partial charge in [0.1, 0.15) is 12.4 Å². The van der Waals surface area contributed by atoms with E-state index < -0.39 is 62.0 Å². The third kappa shape index (κ3) is 11.7. The van der Waals surface area contributed by atoms with Crippen molar-refractivity contribution in [3.63, 3.8) is 0 Å². The van der Waals surface area contributed by atoms with Gasteiger partial charge >= 0.3 is 12.2 Å². The molecule has 19 heteroatoms. The highest BCUT2D eigenvalue weighted by Gasteiger charge is 2.52. The van der Waals surface area contributed by atoms with Crippen molar-refractivity contribution < 1.29 is 51.7 Å². The largest absolute Gasteiger partial charge is 0.488 e. The molecule has 0 spiro atoms. The number of aryl methyl sites for hydroxylation is 2. The Balaban J connectivity index is 1.23. The van der Waals surface area contributed by atoms with E-state index in [2.05, 4.69) is 4.84 Å². The Kier molecular flexibility index (Phi) is 15.2. The van der Waals surface area contributed by atoms with E-state index in [9.17, 15) is 32.9 Å². The van der Waals surface area contributed by atoms with Gasteiger partial charge in [-0.2, -0.15) is 4.39 Å². The van der Waals surface area contributed by atoms with Crippen molar-refractivity contribution >= 4 is 58.5 Å². The number of piperazine rings is 1. The van der Waals surface area contributed by atoms with Crippen LogP contribution in [0.4, 0.5) is 22.8 Å². The zero-order valence-corrected chi connectivity index (χ0v) is 39.1. The molecular formula is C48H48Cl3F3N4O9. The zero-order chi connectivity index (χ0) is 48.2. The number of fused-ring (bicyclic) bond motifs is 2. The van der Waals surface area contributed by atoms with Gasteiger partial charge in [-0.15, -0.1) is 10.1 Å². The number of alkyl halides is 3. The van der Waals surface area contributed by atoms with Crippen LogP contribution in [0.1, 0.15) is 67.3 Å². The fraction of sp³-hybridized carbons (Fsp3) is 0.396. The third-order valence-corrected chi connectivity index (χ3v) is 13.5. The standard InChI is InChI=1S/C48H48Cl3F3N4O9/c1-29-8-4-5-11-32(29)21-22-56(34-17-18-34)44(59)41-37(33-15-13-30(14-16-33)10-7-23-64-43-39(53)20-19-38(52)42(43)54)25-35-26-55(27-40(41)57(35)46(61)67-47(2,3)48(49,50)51)45(60)66-36-12-6-9-31(24-36)28-65-58(62)63/h4-6,8-9,11-16,19-20,24,34-35,40H,7,10,17-18,21-23,25-28H2,1-3H3. The van der Waals surface area contributed by atoms with Crippen LogP contribution in [0.25, 0.3) is 5.57 Å². The Morgan fingerprint density at radius 1 is 0.881 bits per heavy atom. The lowest BCUT2D eigenvalue weighted by molar-refractivity contribution is -0.763. The van der Waals surface area contributed by atoms with Crippen LogP contribution in [0.5, 0.6) is 11.5 Å². The first-order chi connectivity index (χ1) is 31.8. The van der Waals surface area contributed by atoms with Gasteiger partial charge in [0, 0.05) is 31.2 Å². The number of halogens is 6. The summed E-state index contributed by atoms with van der Waals surface area (Å²) in [5, 5.41) is 9.90. The molecule has 1 aliphatic carbocycles. The normalized spacial score (nSPS) is 17.2. The molecule has 2 unspecified atom stereocenters. The first-order valence-corrected chi connectivity index (χ1v) is 22.8. The number of hydrogen-bond donors (Lipinski definition) is 0. The number of rotatable bonds is 16. The molecule has 0 radical (unpaired) electrons. The van der Waals surface area contributed by atoms with Crippen molar-refractivity contribution in [2.45, 2.75) is 93.4 Å². The number of nitrogens with zero attached hydrogens (tertiary/aromatic N) is 4. The van der Waals surface area contributed by atoms with Crippen molar-refractivity contribution in [3.8, 4) is 11.5 Å². The maximum absolute atomic E-state index is 15.5. The number of carbonyl (C=O) groups excluding carboxylic acids is 3. The highest BCUT2D eigenvalue weighted by molar-refractivity contribution is 6.68. The van der Waals surface area contributed by atoms with Crippen LogP contribution in [0.3, 0.4) is 0 Å². The van der Waals surface area contributed by atoms with Gasteiger partial charge in [0.15, 0.2) is 23.0 Å². The summed E-state index contributed by atoms with van der Waals surface area (Å²) in [4.78, 5) is 64.0. The van der Waals surface area contributed by atoms with E-state index in [1.807, 2.05) is 60.4 Å². The average Bonchev–Trinajstić information content (AvgIpc) is 4.12. The summed E-state index contributed by atoms with van der Waals surface area (Å²) >= 11 is 18.8. The molecule has 2 atom stereocenters. The van der Waals surface area contributed by atoms with Gasteiger partial charge in [-0.05, 0) is 117 Å². The lowest BCUT2D eigenvalue weighted by Gasteiger charge is -2.51. The first-order valence-electron chi connectivity index (χ1n) is 21.7. The minimum absolute atomic E-state index is 0.0576. The van der Waals surface area contributed by atoms with E-state index >= 15 is 4.79 Å². The summed E-state index contributed by atoms with van der Waals surface area (Å²) in [5.41, 5.74) is 3.36. The SMILES string of the molecule is Cc1ccccc1CCN(C(=O)C1=C(c2ccc(CCCOc3c(F)ccc(F)c3F)cc2)CC2CN(C(=O)Oc3cccc(CO[N+](=O)[O-])c3)CC1N2C(=O)OC(C)(C)C(Cl)(Cl)Cl)C1CC1. The summed E-state index contributed by atoms with van der Waals surface area (Å²) < 4.78 is 57.0.